The highest BCUT2D eigenvalue weighted by Crippen LogP contribution is 2.34. The summed E-state index contributed by atoms with van der Waals surface area (Å²) in [5.74, 6) is 0.0120. The molecule has 7 heteroatoms. The average molecular weight is 474 g/mol. The zero-order valence-corrected chi connectivity index (χ0v) is 21.4. The van der Waals surface area contributed by atoms with E-state index in [0.717, 1.165) is 39.9 Å². The quantitative estimate of drug-likeness (QED) is 0.314. The van der Waals surface area contributed by atoms with Crippen molar-refractivity contribution in [2.45, 2.75) is 42.7 Å². The molecular weight excluding hydrogens is 442 g/mol. The number of thioether (sulfide) groups is 2. The fourth-order valence-electron chi connectivity index (χ4n) is 3.36. The van der Waals surface area contributed by atoms with Gasteiger partial charge in [0.1, 0.15) is 0 Å². The lowest BCUT2D eigenvalue weighted by Gasteiger charge is -2.24. The normalized spacial score (nSPS) is 11.6. The number of hydrogen-bond acceptors (Lipinski definition) is 6. The number of thiazole rings is 1. The lowest BCUT2D eigenvalue weighted by molar-refractivity contribution is 0.0983. The highest BCUT2D eigenvalue weighted by atomic mass is 32.2. The number of nitrogens with zero attached hydrogens (tertiary/aromatic N) is 3. The Labute approximate surface area is 198 Å². The Morgan fingerprint density at radius 2 is 1.77 bits per heavy atom. The molecule has 0 aliphatic heterocycles. The maximum Gasteiger partial charge on any atom is 0.260 e. The molecule has 166 valence electrons. The van der Waals surface area contributed by atoms with Crippen LogP contribution in [0.3, 0.4) is 0 Å². The van der Waals surface area contributed by atoms with Crippen molar-refractivity contribution in [3.8, 4) is 0 Å². The van der Waals surface area contributed by atoms with Crippen LogP contribution in [0.5, 0.6) is 0 Å². The number of likely N-dealkylation sites (N-methyl/N-ethyl adjacent to an activating group) is 1. The summed E-state index contributed by atoms with van der Waals surface area (Å²) in [6.07, 6.45) is 2.06. The molecule has 1 heterocycles. The molecular formula is C24H31N3OS3. The van der Waals surface area contributed by atoms with Gasteiger partial charge in [-0.25, -0.2) is 4.98 Å². The smallest absolute Gasteiger partial charge is 0.260 e. The van der Waals surface area contributed by atoms with Crippen LogP contribution in [0.2, 0.25) is 0 Å². The Kier molecular flexibility index (Phi) is 8.84. The Bertz CT molecular complexity index is 997. The number of amides is 1. The average Bonchev–Trinajstić information content (AvgIpc) is 3.20. The van der Waals surface area contributed by atoms with Gasteiger partial charge in [-0.05, 0) is 55.7 Å². The summed E-state index contributed by atoms with van der Waals surface area (Å²) in [6, 6.07) is 14.2. The molecule has 4 nitrogen and oxygen atoms in total. The van der Waals surface area contributed by atoms with Crippen molar-refractivity contribution in [1.29, 1.82) is 0 Å². The van der Waals surface area contributed by atoms with Gasteiger partial charge in [-0.3, -0.25) is 9.69 Å². The van der Waals surface area contributed by atoms with E-state index in [1.807, 2.05) is 29.2 Å². The molecule has 3 aromatic rings. The summed E-state index contributed by atoms with van der Waals surface area (Å²) in [5, 5.41) is 1.29. The topological polar surface area (TPSA) is 36.4 Å². The maximum atomic E-state index is 13.6. The lowest BCUT2D eigenvalue weighted by Crippen LogP contribution is -2.38. The maximum absolute atomic E-state index is 13.6. The summed E-state index contributed by atoms with van der Waals surface area (Å²) in [5.41, 5.74) is 1.69. The predicted octanol–water partition coefficient (Wildman–Crippen LogP) is 6.51. The molecule has 3 rings (SSSR count). The van der Waals surface area contributed by atoms with E-state index < -0.39 is 0 Å². The second-order valence-electron chi connectivity index (χ2n) is 7.48. The first-order valence-corrected chi connectivity index (χ1v) is 13.6. The second kappa shape index (κ2) is 11.4. The van der Waals surface area contributed by atoms with Crippen molar-refractivity contribution < 1.29 is 4.79 Å². The summed E-state index contributed by atoms with van der Waals surface area (Å²) < 4.78 is 1.12. The highest BCUT2D eigenvalue weighted by Gasteiger charge is 2.22. The Balaban J connectivity index is 1.93. The molecule has 31 heavy (non-hydrogen) atoms. The van der Waals surface area contributed by atoms with Crippen LogP contribution >= 0.6 is 34.9 Å². The zero-order chi connectivity index (χ0) is 22.4. The number of fused-ring (bicyclic) bond motifs is 1. The van der Waals surface area contributed by atoms with E-state index in [-0.39, 0.29) is 5.91 Å². The van der Waals surface area contributed by atoms with Crippen LogP contribution in [0, 0.1) is 0 Å². The molecule has 0 aliphatic rings. The summed E-state index contributed by atoms with van der Waals surface area (Å²) in [7, 11) is 0. The number of rotatable bonds is 10. The number of carbonyl (C=O) groups is 1. The third-order valence-corrected chi connectivity index (χ3v) is 7.90. The van der Waals surface area contributed by atoms with Crippen LogP contribution in [0.15, 0.2) is 52.3 Å². The largest absolute Gasteiger partial charge is 0.302 e. The van der Waals surface area contributed by atoms with Crippen LogP contribution in [-0.2, 0) is 0 Å². The van der Waals surface area contributed by atoms with Crippen LogP contribution in [0.4, 0.5) is 5.13 Å². The molecule has 0 spiro atoms. The second-order valence-corrected chi connectivity index (χ2v) is 11.0. The standard InChI is InChI=1S/C24H31N3OS3/c1-6-26(7-2)15-16-27(23(28)18-11-13-19(14-12-18)30-17(3)4)24-25-22-20(29-5)9-8-10-21(22)31-24/h8-14,17H,6-7,15-16H2,1-5H3. The van der Waals surface area contributed by atoms with E-state index in [2.05, 4.69) is 57.0 Å². The van der Waals surface area contributed by atoms with Gasteiger partial charge >= 0.3 is 0 Å². The SMILES string of the molecule is CCN(CC)CCN(C(=O)c1ccc(SC(C)C)cc1)c1nc2c(SC)cccc2s1. The van der Waals surface area contributed by atoms with Crippen molar-refractivity contribution in [1.82, 2.24) is 9.88 Å². The monoisotopic (exact) mass is 473 g/mol. The van der Waals surface area contributed by atoms with Gasteiger partial charge in [0.05, 0.1) is 10.2 Å². The minimum Gasteiger partial charge on any atom is -0.302 e. The van der Waals surface area contributed by atoms with Crippen LogP contribution in [-0.4, -0.2) is 53.5 Å². The molecule has 0 aliphatic carbocycles. The molecule has 2 aromatic carbocycles. The number of benzene rings is 2. The first-order valence-electron chi connectivity index (χ1n) is 10.7. The molecule has 1 amide bonds. The van der Waals surface area contributed by atoms with Gasteiger partial charge in [0.15, 0.2) is 5.13 Å². The third-order valence-electron chi connectivity index (χ3n) is 5.07. The van der Waals surface area contributed by atoms with Gasteiger partial charge in [0.2, 0.25) is 0 Å². The number of para-hydroxylation sites is 1. The fraction of sp³-hybridized carbons (Fsp3) is 0.417. The Hall–Kier alpha value is -1.54. The van der Waals surface area contributed by atoms with Crippen LogP contribution in [0.1, 0.15) is 38.1 Å². The van der Waals surface area contributed by atoms with Gasteiger partial charge in [-0.1, -0.05) is 45.1 Å². The van der Waals surface area contributed by atoms with E-state index >= 15 is 0 Å². The molecule has 0 saturated heterocycles. The van der Waals surface area contributed by atoms with Crippen molar-refractivity contribution >= 4 is 56.1 Å². The van der Waals surface area contributed by atoms with Gasteiger partial charge < -0.3 is 4.90 Å². The van der Waals surface area contributed by atoms with Gasteiger partial charge in [0.25, 0.3) is 5.91 Å². The molecule has 0 bridgehead atoms. The molecule has 0 fully saturated rings. The Morgan fingerprint density at radius 3 is 2.39 bits per heavy atom. The van der Waals surface area contributed by atoms with Crippen LogP contribution in [0.25, 0.3) is 10.2 Å². The zero-order valence-electron chi connectivity index (χ0n) is 18.9. The number of anilines is 1. The van der Waals surface area contributed by atoms with Crippen LogP contribution < -0.4 is 4.90 Å². The number of carbonyl (C=O) groups excluding carboxylic acids is 1. The first-order chi connectivity index (χ1) is 15.0. The fourth-order valence-corrected chi connectivity index (χ4v) is 5.84. The lowest BCUT2D eigenvalue weighted by atomic mass is 10.2. The van der Waals surface area contributed by atoms with Gasteiger partial charge in [-0.2, -0.15) is 0 Å². The third kappa shape index (κ3) is 6.04. The van der Waals surface area contributed by atoms with Gasteiger partial charge in [-0.15, -0.1) is 23.5 Å². The highest BCUT2D eigenvalue weighted by molar-refractivity contribution is 8.00. The molecule has 0 N–H and O–H groups in total. The van der Waals surface area contributed by atoms with E-state index in [1.165, 1.54) is 4.90 Å². The van der Waals surface area contributed by atoms with Crippen molar-refractivity contribution in [3.05, 3.63) is 48.0 Å². The summed E-state index contributed by atoms with van der Waals surface area (Å²) >= 11 is 5.09. The molecule has 1 aromatic heterocycles. The molecule has 0 saturated carbocycles. The van der Waals surface area contributed by atoms with Gasteiger partial charge in [0, 0.05) is 33.7 Å². The van der Waals surface area contributed by atoms with E-state index in [0.29, 0.717) is 17.4 Å². The predicted molar refractivity (Wildman–Crippen MR) is 138 cm³/mol. The Morgan fingerprint density at radius 1 is 1.06 bits per heavy atom. The van der Waals surface area contributed by atoms with E-state index in [1.54, 1.807) is 34.9 Å². The summed E-state index contributed by atoms with van der Waals surface area (Å²) in [4.78, 5) is 25.0. The summed E-state index contributed by atoms with van der Waals surface area (Å²) in [6.45, 7) is 12.0. The number of hydrogen-bond donors (Lipinski definition) is 0. The van der Waals surface area contributed by atoms with E-state index in [9.17, 15) is 4.79 Å². The molecule has 0 unspecified atom stereocenters. The molecule has 0 atom stereocenters. The minimum atomic E-state index is 0.0120. The van der Waals surface area contributed by atoms with Crippen molar-refractivity contribution in [2.24, 2.45) is 0 Å². The van der Waals surface area contributed by atoms with E-state index in [4.69, 9.17) is 4.98 Å². The van der Waals surface area contributed by atoms with Crippen molar-refractivity contribution in [3.63, 3.8) is 0 Å². The first kappa shape index (κ1) is 24.1. The number of aromatic nitrogens is 1. The van der Waals surface area contributed by atoms with Crippen molar-refractivity contribution in [2.75, 3.05) is 37.3 Å². The molecule has 0 radical (unpaired) electrons. The minimum absolute atomic E-state index is 0.0120.